The molecule has 0 saturated carbocycles. The summed E-state index contributed by atoms with van der Waals surface area (Å²) in [6.07, 6.45) is 3.24. The molecule has 1 aliphatic rings. The molecule has 1 aliphatic heterocycles. The number of nitrogens with one attached hydrogen (secondary N) is 1. The summed E-state index contributed by atoms with van der Waals surface area (Å²) < 4.78 is 0. The third kappa shape index (κ3) is 2.18. The number of H-pyrrole nitrogens is 1. The van der Waals surface area contributed by atoms with Gasteiger partial charge in [-0.25, -0.2) is 0 Å². The second kappa shape index (κ2) is 5.18. The summed E-state index contributed by atoms with van der Waals surface area (Å²) >= 11 is 6.00. The SMILES string of the molecule is O=C(Cc1c[nH]c2cc(Cl)ccc12)N1CCc2ccccc21. The number of aromatic amines is 1. The fourth-order valence-corrected chi connectivity index (χ4v) is 3.33. The van der Waals surface area contributed by atoms with Gasteiger partial charge in [0.2, 0.25) is 5.91 Å². The summed E-state index contributed by atoms with van der Waals surface area (Å²) in [6, 6.07) is 13.8. The Labute approximate surface area is 133 Å². The maximum atomic E-state index is 12.7. The van der Waals surface area contributed by atoms with Crippen LogP contribution in [-0.2, 0) is 17.6 Å². The predicted molar refractivity (Wildman–Crippen MR) is 89.5 cm³/mol. The van der Waals surface area contributed by atoms with E-state index in [1.54, 1.807) is 0 Å². The monoisotopic (exact) mass is 310 g/mol. The second-order valence-corrected chi connectivity index (χ2v) is 6.04. The fraction of sp³-hybridized carbons (Fsp3) is 0.167. The quantitative estimate of drug-likeness (QED) is 0.764. The zero-order valence-corrected chi connectivity index (χ0v) is 12.7. The van der Waals surface area contributed by atoms with Crippen LogP contribution in [0.2, 0.25) is 5.02 Å². The Bertz CT molecular complexity index is 868. The molecular weight excluding hydrogens is 296 g/mol. The predicted octanol–water partition coefficient (Wildman–Crippen LogP) is 3.95. The Balaban J connectivity index is 1.62. The number of rotatable bonds is 2. The van der Waals surface area contributed by atoms with Crippen LogP contribution >= 0.6 is 11.6 Å². The van der Waals surface area contributed by atoms with Gasteiger partial charge in [0, 0.05) is 34.4 Å². The van der Waals surface area contributed by atoms with Crippen molar-refractivity contribution in [2.24, 2.45) is 0 Å². The minimum absolute atomic E-state index is 0.140. The molecule has 1 aromatic heterocycles. The van der Waals surface area contributed by atoms with Gasteiger partial charge < -0.3 is 9.88 Å². The fourth-order valence-electron chi connectivity index (χ4n) is 3.16. The molecule has 0 radical (unpaired) electrons. The number of benzene rings is 2. The summed E-state index contributed by atoms with van der Waals surface area (Å²) in [5, 5.41) is 1.76. The molecule has 22 heavy (non-hydrogen) atoms. The molecule has 0 fully saturated rings. The molecule has 1 amide bonds. The Hall–Kier alpha value is -2.26. The number of amides is 1. The highest BCUT2D eigenvalue weighted by molar-refractivity contribution is 6.31. The van der Waals surface area contributed by atoms with Crippen molar-refractivity contribution in [2.75, 3.05) is 11.4 Å². The first-order valence-corrected chi connectivity index (χ1v) is 7.74. The molecule has 0 bridgehead atoms. The van der Waals surface area contributed by atoms with E-state index in [1.165, 1.54) is 5.56 Å². The van der Waals surface area contributed by atoms with Gasteiger partial charge in [0.1, 0.15) is 0 Å². The molecule has 4 rings (SSSR count). The second-order valence-electron chi connectivity index (χ2n) is 5.60. The van der Waals surface area contributed by atoms with Crippen LogP contribution in [0.3, 0.4) is 0 Å². The third-order valence-electron chi connectivity index (χ3n) is 4.26. The Morgan fingerprint density at radius 2 is 2.09 bits per heavy atom. The number of hydrogen-bond donors (Lipinski definition) is 1. The van der Waals surface area contributed by atoms with Gasteiger partial charge >= 0.3 is 0 Å². The molecule has 3 aromatic rings. The van der Waals surface area contributed by atoms with Crippen molar-refractivity contribution >= 4 is 34.1 Å². The van der Waals surface area contributed by atoms with Crippen LogP contribution in [0.4, 0.5) is 5.69 Å². The molecule has 0 saturated heterocycles. The highest BCUT2D eigenvalue weighted by atomic mass is 35.5. The van der Waals surface area contributed by atoms with Gasteiger partial charge in [0.25, 0.3) is 0 Å². The van der Waals surface area contributed by atoms with E-state index in [-0.39, 0.29) is 5.91 Å². The van der Waals surface area contributed by atoms with Crippen LogP contribution in [-0.4, -0.2) is 17.4 Å². The number of anilines is 1. The molecule has 2 aromatic carbocycles. The maximum absolute atomic E-state index is 12.7. The van der Waals surface area contributed by atoms with Gasteiger partial charge in [0.15, 0.2) is 0 Å². The normalized spacial score (nSPS) is 13.6. The Morgan fingerprint density at radius 1 is 1.23 bits per heavy atom. The smallest absolute Gasteiger partial charge is 0.231 e. The topological polar surface area (TPSA) is 36.1 Å². The van der Waals surface area contributed by atoms with Gasteiger partial charge in [-0.15, -0.1) is 0 Å². The van der Waals surface area contributed by atoms with Gasteiger partial charge in [-0.3, -0.25) is 4.79 Å². The number of halogens is 1. The number of para-hydroxylation sites is 1. The lowest BCUT2D eigenvalue weighted by Gasteiger charge is -2.17. The highest BCUT2D eigenvalue weighted by Gasteiger charge is 2.24. The van der Waals surface area contributed by atoms with Crippen molar-refractivity contribution in [1.29, 1.82) is 0 Å². The minimum Gasteiger partial charge on any atom is -0.361 e. The average Bonchev–Trinajstić information content (AvgIpc) is 3.11. The van der Waals surface area contributed by atoms with E-state index in [2.05, 4.69) is 11.1 Å². The molecule has 4 heteroatoms. The van der Waals surface area contributed by atoms with Crippen molar-refractivity contribution in [2.45, 2.75) is 12.8 Å². The molecule has 1 N–H and O–H groups in total. The summed E-state index contributed by atoms with van der Waals surface area (Å²) in [5.74, 6) is 0.140. The molecule has 0 spiro atoms. The van der Waals surface area contributed by atoms with Crippen molar-refractivity contribution in [3.63, 3.8) is 0 Å². The van der Waals surface area contributed by atoms with Gasteiger partial charge in [-0.1, -0.05) is 35.9 Å². The first-order chi connectivity index (χ1) is 10.7. The summed E-state index contributed by atoms with van der Waals surface area (Å²) in [4.78, 5) is 17.8. The molecule has 0 aliphatic carbocycles. The minimum atomic E-state index is 0.140. The summed E-state index contributed by atoms with van der Waals surface area (Å²) in [5.41, 5.74) is 4.29. The number of carbonyl (C=O) groups is 1. The lowest BCUT2D eigenvalue weighted by Crippen LogP contribution is -2.30. The van der Waals surface area contributed by atoms with E-state index in [9.17, 15) is 4.79 Å². The van der Waals surface area contributed by atoms with Crippen LogP contribution < -0.4 is 4.90 Å². The van der Waals surface area contributed by atoms with Crippen LogP contribution in [0, 0.1) is 0 Å². The van der Waals surface area contributed by atoms with Crippen molar-refractivity contribution in [3.05, 3.63) is 64.8 Å². The number of carbonyl (C=O) groups excluding carboxylic acids is 1. The van der Waals surface area contributed by atoms with Gasteiger partial charge in [0.05, 0.1) is 6.42 Å². The molecule has 0 atom stereocenters. The van der Waals surface area contributed by atoms with E-state index in [1.807, 2.05) is 47.5 Å². The van der Waals surface area contributed by atoms with Gasteiger partial charge in [-0.2, -0.15) is 0 Å². The van der Waals surface area contributed by atoms with Gasteiger partial charge in [-0.05, 0) is 35.7 Å². The van der Waals surface area contributed by atoms with Crippen LogP contribution in [0.25, 0.3) is 10.9 Å². The van der Waals surface area contributed by atoms with Crippen molar-refractivity contribution in [1.82, 2.24) is 4.98 Å². The largest absolute Gasteiger partial charge is 0.361 e. The van der Waals surface area contributed by atoms with Crippen LogP contribution in [0.5, 0.6) is 0 Å². The van der Waals surface area contributed by atoms with Crippen LogP contribution in [0.15, 0.2) is 48.7 Å². The third-order valence-corrected chi connectivity index (χ3v) is 4.49. The van der Waals surface area contributed by atoms with E-state index < -0.39 is 0 Å². The first-order valence-electron chi connectivity index (χ1n) is 7.36. The number of aromatic nitrogens is 1. The maximum Gasteiger partial charge on any atom is 0.231 e. The summed E-state index contributed by atoms with van der Waals surface area (Å²) in [6.45, 7) is 0.770. The lowest BCUT2D eigenvalue weighted by molar-refractivity contribution is -0.117. The van der Waals surface area contributed by atoms with Crippen LogP contribution in [0.1, 0.15) is 11.1 Å². The zero-order chi connectivity index (χ0) is 15.1. The van der Waals surface area contributed by atoms with Crippen molar-refractivity contribution < 1.29 is 4.79 Å². The summed E-state index contributed by atoms with van der Waals surface area (Å²) in [7, 11) is 0. The van der Waals surface area contributed by atoms with E-state index in [0.29, 0.717) is 11.4 Å². The average molecular weight is 311 g/mol. The molecule has 0 unspecified atom stereocenters. The first kappa shape index (κ1) is 13.4. The highest BCUT2D eigenvalue weighted by Crippen LogP contribution is 2.29. The Kier molecular flexibility index (Phi) is 3.16. The standard InChI is InChI=1S/C18H15ClN2O/c19-14-5-6-15-13(11-20-16(15)10-14)9-18(22)21-8-7-12-3-1-2-4-17(12)21/h1-6,10-11,20H,7-9H2. The zero-order valence-electron chi connectivity index (χ0n) is 12.0. The van der Waals surface area contributed by atoms with E-state index >= 15 is 0 Å². The van der Waals surface area contributed by atoms with Crippen molar-refractivity contribution in [3.8, 4) is 0 Å². The Morgan fingerprint density at radius 3 is 3.00 bits per heavy atom. The number of hydrogen-bond acceptors (Lipinski definition) is 1. The molecule has 3 nitrogen and oxygen atoms in total. The number of fused-ring (bicyclic) bond motifs is 2. The molecule has 2 heterocycles. The molecule has 110 valence electrons. The lowest BCUT2D eigenvalue weighted by atomic mass is 10.1. The van der Waals surface area contributed by atoms with E-state index in [4.69, 9.17) is 11.6 Å². The number of nitrogens with zero attached hydrogens (tertiary/aromatic N) is 1. The van der Waals surface area contributed by atoms with E-state index in [0.717, 1.165) is 35.1 Å². The molecular formula is C18H15ClN2O.